The first-order valence-electron chi connectivity index (χ1n) is 15.5. The summed E-state index contributed by atoms with van der Waals surface area (Å²) in [6.45, 7) is 0.922. The van der Waals surface area contributed by atoms with Gasteiger partial charge in [-0.2, -0.15) is 0 Å². The lowest BCUT2D eigenvalue weighted by atomic mass is 10.1. The number of anilines is 2. The number of carbonyl (C=O) groups is 3. The van der Waals surface area contributed by atoms with E-state index in [0.717, 1.165) is 10.5 Å². The van der Waals surface area contributed by atoms with Crippen LogP contribution in [0.1, 0.15) is 26.7 Å². The van der Waals surface area contributed by atoms with Gasteiger partial charge in [0.15, 0.2) is 11.5 Å². The topological polar surface area (TPSA) is 115 Å². The zero-order chi connectivity index (χ0) is 34.0. The molecule has 0 fully saturated rings. The van der Waals surface area contributed by atoms with E-state index >= 15 is 0 Å². The van der Waals surface area contributed by atoms with Crippen molar-refractivity contribution in [3.05, 3.63) is 150 Å². The molecule has 0 aliphatic carbocycles. The molecule has 1 unspecified atom stereocenters. The van der Waals surface area contributed by atoms with Gasteiger partial charge in [-0.15, -0.1) is 11.8 Å². The zero-order valence-corrected chi connectivity index (χ0v) is 27.4. The molecule has 0 radical (unpaired) electrons. The SMILES string of the molecule is COc1ccc(/C=C(/NC(=O)c2ccccc2)C(=O)Nc2cccc(SC(C(=O)Nc3ccc4c(c3)OCCO4)c3ccccc3)c2)cc1. The third-order valence-corrected chi connectivity index (χ3v) is 8.70. The third-order valence-electron chi connectivity index (χ3n) is 7.45. The highest BCUT2D eigenvalue weighted by Crippen LogP contribution is 2.38. The maximum absolute atomic E-state index is 13.7. The van der Waals surface area contributed by atoms with Crippen LogP contribution in [0.15, 0.2) is 138 Å². The number of thioether (sulfide) groups is 1. The van der Waals surface area contributed by atoms with Crippen molar-refractivity contribution in [2.45, 2.75) is 10.1 Å². The van der Waals surface area contributed by atoms with Crippen molar-refractivity contribution in [2.24, 2.45) is 0 Å². The molecular weight excluding hydrogens is 639 g/mol. The van der Waals surface area contributed by atoms with Crippen LogP contribution in [0.3, 0.4) is 0 Å². The summed E-state index contributed by atoms with van der Waals surface area (Å²) in [5.74, 6) is 0.721. The van der Waals surface area contributed by atoms with E-state index in [1.807, 2.05) is 42.5 Å². The Morgan fingerprint density at radius 3 is 2.16 bits per heavy atom. The van der Waals surface area contributed by atoms with Crippen LogP contribution in [0, 0.1) is 0 Å². The molecule has 0 saturated heterocycles. The van der Waals surface area contributed by atoms with Crippen molar-refractivity contribution in [2.75, 3.05) is 31.0 Å². The van der Waals surface area contributed by atoms with Crippen molar-refractivity contribution in [1.29, 1.82) is 0 Å². The van der Waals surface area contributed by atoms with Gasteiger partial charge in [0, 0.05) is 27.9 Å². The average molecular weight is 672 g/mol. The molecule has 1 heterocycles. The van der Waals surface area contributed by atoms with Crippen molar-refractivity contribution < 1.29 is 28.6 Å². The minimum Gasteiger partial charge on any atom is -0.497 e. The molecule has 1 aliphatic heterocycles. The molecule has 3 amide bonds. The first kappa shape index (κ1) is 32.9. The second-order valence-electron chi connectivity index (χ2n) is 10.9. The lowest BCUT2D eigenvalue weighted by Gasteiger charge is -2.20. The Morgan fingerprint density at radius 1 is 0.735 bits per heavy atom. The zero-order valence-electron chi connectivity index (χ0n) is 26.6. The Morgan fingerprint density at radius 2 is 1.43 bits per heavy atom. The molecule has 0 aromatic heterocycles. The summed E-state index contributed by atoms with van der Waals surface area (Å²) in [7, 11) is 1.57. The second kappa shape index (κ2) is 15.7. The van der Waals surface area contributed by atoms with Crippen LogP contribution in [0.5, 0.6) is 17.2 Å². The molecule has 10 heteroatoms. The molecule has 5 aromatic rings. The van der Waals surface area contributed by atoms with E-state index in [-0.39, 0.29) is 11.6 Å². The highest BCUT2D eigenvalue weighted by atomic mass is 32.2. The Balaban J connectivity index is 1.21. The van der Waals surface area contributed by atoms with Crippen LogP contribution >= 0.6 is 11.8 Å². The third kappa shape index (κ3) is 8.68. The van der Waals surface area contributed by atoms with Gasteiger partial charge >= 0.3 is 0 Å². The van der Waals surface area contributed by atoms with E-state index in [1.165, 1.54) is 11.8 Å². The molecule has 5 aromatic carbocycles. The van der Waals surface area contributed by atoms with Crippen LogP contribution in [0.2, 0.25) is 0 Å². The van der Waals surface area contributed by atoms with Gasteiger partial charge in [0.2, 0.25) is 5.91 Å². The maximum Gasteiger partial charge on any atom is 0.272 e. The maximum atomic E-state index is 13.7. The Labute approximate surface area is 288 Å². The number of ether oxygens (including phenoxy) is 3. The predicted molar refractivity (Wildman–Crippen MR) is 191 cm³/mol. The molecular formula is C39H33N3O6S. The predicted octanol–water partition coefficient (Wildman–Crippen LogP) is 7.35. The van der Waals surface area contributed by atoms with Crippen LogP contribution in [0.25, 0.3) is 6.08 Å². The first-order valence-corrected chi connectivity index (χ1v) is 16.4. The van der Waals surface area contributed by atoms with Crippen LogP contribution < -0.4 is 30.2 Å². The van der Waals surface area contributed by atoms with E-state index in [0.29, 0.717) is 53.0 Å². The summed E-state index contributed by atoms with van der Waals surface area (Å²) in [5, 5.41) is 8.07. The van der Waals surface area contributed by atoms with E-state index in [2.05, 4.69) is 16.0 Å². The van der Waals surface area contributed by atoms with Gasteiger partial charge in [-0.25, -0.2) is 0 Å². The van der Waals surface area contributed by atoms with Gasteiger partial charge in [-0.3, -0.25) is 14.4 Å². The number of methoxy groups -OCH3 is 1. The average Bonchev–Trinajstić information content (AvgIpc) is 3.14. The second-order valence-corrected chi connectivity index (χ2v) is 12.1. The first-order chi connectivity index (χ1) is 23.9. The van der Waals surface area contributed by atoms with Gasteiger partial charge in [-0.05, 0) is 71.8 Å². The number of hydrogen-bond donors (Lipinski definition) is 3. The summed E-state index contributed by atoms with van der Waals surface area (Å²) in [4.78, 5) is 41.2. The number of amides is 3. The molecule has 3 N–H and O–H groups in total. The van der Waals surface area contributed by atoms with Crippen molar-refractivity contribution in [3.63, 3.8) is 0 Å². The smallest absolute Gasteiger partial charge is 0.272 e. The van der Waals surface area contributed by atoms with Gasteiger partial charge in [-0.1, -0.05) is 66.7 Å². The summed E-state index contributed by atoms with van der Waals surface area (Å²) < 4.78 is 16.5. The molecule has 0 bridgehead atoms. The number of fused-ring (bicyclic) bond motifs is 1. The number of carbonyl (C=O) groups excluding carboxylic acids is 3. The normalized spacial score (nSPS) is 12.7. The molecule has 0 spiro atoms. The molecule has 1 aliphatic rings. The van der Waals surface area contributed by atoms with Gasteiger partial charge in [0.25, 0.3) is 11.8 Å². The standard InChI is InChI=1S/C39H33N3O6S/c1-46-31-18-15-26(16-19-31)23-33(42-37(43)28-11-6-3-7-12-28)38(44)40-29-13-8-14-32(24-29)49-36(27-9-4-2-5-10-27)39(45)41-30-17-20-34-35(25-30)48-22-21-47-34/h2-20,23-25,36H,21-22H2,1H3,(H,40,44)(H,41,45)(H,42,43)/b33-23+. The quantitative estimate of drug-likeness (QED) is 0.0994. The molecule has 49 heavy (non-hydrogen) atoms. The van der Waals surface area contributed by atoms with E-state index in [9.17, 15) is 14.4 Å². The summed E-state index contributed by atoms with van der Waals surface area (Å²) in [6.07, 6.45) is 1.60. The fraction of sp³-hybridized carbons (Fsp3) is 0.103. The minimum absolute atomic E-state index is 0.0537. The number of hydrogen-bond acceptors (Lipinski definition) is 7. The van der Waals surface area contributed by atoms with Crippen molar-refractivity contribution in [3.8, 4) is 17.2 Å². The number of rotatable bonds is 11. The summed E-state index contributed by atoms with van der Waals surface area (Å²) >= 11 is 1.35. The van der Waals surface area contributed by atoms with Crippen molar-refractivity contribution >= 4 is 46.9 Å². The van der Waals surface area contributed by atoms with Gasteiger partial charge in [0.1, 0.15) is 29.9 Å². The molecule has 246 valence electrons. The van der Waals surface area contributed by atoms with Crippen LogP contribution in [0.4, 0.5) is 11.4 Å². The van der Waals surface area contributed by atoms with Crippen LogP contribution in [-0.2, 0) is 9.59 Å². The van der Waals surface area contributed by atoms with Crippen molar-refractivity contribution in [1.82, 2.24) is 5.32 Å². The minimum atomic E-state index is -0.615. The fourth-order valence-electron chi connectivity index (χ4n) is 5.02. The fourth-order valence-corrected chi connectivity index (χ4v) is 6.10. The molecule has 6 rings (SSSR count). The van der Waals surface area contributed by atoms with Gasteiger partial charge in [0.05, 0.1) is 7.11 Å². The Bertz CT molecular complexity index is 1970. The van der Waals surface area contributed by atoms with E-state index in [1.54, 1.807) is 98.1 Å². The highest BCUT2D eigenvalue weighted by Gasteiger charge is 2.24. The highest BCUT2D eigenvalue weighted by molar-refractivity contribution is 8.00. The number of benzene rings is 5. The Kier molecular flexibility index (Phi) is 10.6. The summed E-state index contributed by atoms with van der Waals surface area (Å²) in [5.41, 5.74) is 3.05. The lowest BCUT2D eigenvalue weighted by Crippen LogP contribution is -2.30. The lowest BCUT2D eigenvalue weighted by molar-refractivity contribution is -0.116. The monoisotopic (exact) mass is 671 g/mol. The van der Waals surface area contributed by atoms with Crippen LogP contribution in [-0.4, -0.2) is 38.0 Å². The number of nitrogens with one attached hydrogen (secondary N) is 3. The molecule has 0 saturated carbocycles. The van der Waals surface area contributed by atoms with E-state index < -0.39 is 17.1 Å². The summed E-state index contributed by atoms with van der Waals surface area (Å²) in [6, 6.07) is 37.8. The van der Waals surface area contributed by atoms with Gasteiger partial charge < -0.3 is 30.2 Å². The Hall–Kier alpha value is -6.00. The molecule has 1 atom stereocenters. The molecule has 9 nitrogen and oxygen atoms in total. The van der Waals surface area contributed by atoms with E-state index in [4.69, 9.17) is 14.2 Å². The largest absolute Gasteiger partial charge is 0.497 e.